The molecule has 3 heterocycles. The summed E-state index contributed by atoms with van der Waals surface area (Å²) >= 11 is 0. The first-order valence-electron chi connectivity index (χ1n) is 11.8. The number of hydrogen-bond donors (Lipinski definition) is 1. The first-order chi connectivity index (χ1) is 17.4. The summed E-state index contributed by atoms with van der Waals surface area (Å²) < 4.78 is 40.0. The zero-order valence-electron chi connectivity index (χ0n) is 19.7. The van der Waals surface area contributed by atoms with E-state index < -0.39 is 11.6 Å². The molecule has 1 fully saturated rings. The maximum Gasteiger partial charge on any atom is 0.274 e. The zero-order chi connectivity index (χ0) is 25.2. The van der Waals surface area contributed by atoms with Gasteiger partial charge in [0.1, 0.15) is 23.5 Å². The molecule has 0 aliphatic carbocycles. The molecule has 0 spiro atoms. The van der Waals surface area contributed by atoms with Crippen molar-refractivity contribution in [2.24, 2.45) is 5.92 Å². The third-order valence-electron chi connectivity index (χ3n) is 6.70. The topological polar surface area (TPSA) is 85.7 Å². The number of halogens is 2. The number of ether oxygens (including phenoxy) is 2. The number of nitrogens with zero attached hydrogens (tertiary/aromatic N) is 3. The number of carbonyl (C=O) groups excluding carboxylic acids is 2. The minimum atomic E-state index is -0.756. The van der Waals surface area contributed by atoms with E-state index in [4.69, 9.17) is 9.47 Å². The highest BCUT2D eigenvalue weighted by Crippen LogP contribution is 2.30. The Morgan fingerprint density at radius 2 is 1.78 bits per heavy atom. The summed E-state index contributed by atoms with van der Waals surface area (Å²) in [7, 11) is 1.62. The molecule has 0 bridgehead atoms. The second-order valence-electron chi connectivity index (χ2n) is 8.98. The fraction of sp³-hybridized carbons (Fsp3) is 0.346. The first-order valence-corrected chi connectivity index (χ1v) is 11.8. The number of hydrogen-bond acceptors (Lipinski definition) is 5. The molecule has 0 radical (unpaired) electrons. The minimum absolute atomic E-state index is 0.0774. The van der Waals surface area contributed by atoms with Gasteiger partial charge in [-0.15, -0.1) is 0 Å². The summed E-state index contributed by atoms with van der Waals surface area (Å²) in [6.45, 7) is 1.58. The standard InChI is InChI=1S/C26H26F2N4O4/c1-35-21-4-2-16(3-5-21)23-13-32-15-29-24(22(32)14-36-23)26(34)31-8-6-17(7-9-31)25(33)30-20-11-18(27)10-19(28)12-20/h2-5,10-12,15,17,23H,6-9,13-14H2,1H3,(H,30,33). The fourth-order valence-corrected chi connectivity index (χ4v) is 4.69. The van der Waals surface area contributed by atoms with Crippen LogP contribution < -0.4 is 10.1 Å². The van der Waals surface area contributed by atoms with Gasteiger partial charge in [-0.05, 0) is 42.7 Å². The van der Waals surface area contributed by atoms with E-state index in [1.54, 1.807) is 18.3 Å². The van der Waals surface area contributed by atoms with Crippen LogP contribution in [-0.4, -0.2) is 46.5 Å². The number of piperidine rings is 1. The highest BCUT2D eigenvalue weighted by molar-refractivity contribution is 5.95. The lowest BCUT2D eigenvalue weighted by Gasteiger charge is -2.31. The molecule has 2 aliphatic heterocycles. The van der Waals surface area contributed by atoms with Crippen LogP contribution in [0.2, 0.25) is 0 Å². The number of imidazole rings is 1. The van der Waals surface area contributed by atoms with E-state index in [0.29, 0.717) is 38.2 Å². The highest BCUT2D eigenvalue weighted by atomic mass is 19.1. The molecule has 188 valence electrons. The van der Waals surface area contributed by atoms with E-state index in [1.807, 2.05) is 28.8 Å². The Kier molecular flexibility index (Phi) is 6.69. The number of methoxy groups -OCH3 is 1. The molecule has 1 N–H and O–H groups in total. The van der Waals surface area contributed by atoms with E-state index in [1.165, 1.54) is 0 Å². The molecule has 1 unspecified atom stereocenters. The van der Waals surface area contributed by atoms with Crippen LogP contribution in [0.3, 0.4) is 0 Å². The maximum atomic E-state index is 13.4. The third-order valence-corrected chi connectivity index (χ3v) is 6.70. The van der Waals surface area contributed by atoms with E-state index >= 15 is 0 Å². The molecule has 2 aliphatic rings. The molecule has 0 saturated carbocycles. The molecule has 3 aromatic rings. The predicted molar refractivity (Wildman–Crippen MR) is 126 cm³/mol. The van der Waals surface area contributed by atoms with Gasteiger partial charge in [0.15, 0.2) is 5.69 Å². The van der Waals surface area contributed by atoms with Gasteiger partial charge in [-0.2, -0.15) is 0 Å². The molecule has 10 heteroatoms. The number of anilines is 1. The lowest BCUT2D eigenvalue weighted by atomic mass is 9.95. The Hall–Kier alpha value is -3.79. The summed E-state index contributed by atoms with van der Waals surface area (Å²) in [5.41, 5.74) is 2.19. The van der Waals surface area contributed by atoms with Gasteiger partial charge in [-0.1, -0.05) is 12.1 Å². The number of carbonyl (C=O) groups is 2. The average molecular weight is 497 g/mol. The molecule has 2 amide bonds. The van der Waals surface area contributed by atoms with Gasteiger partial charge < -0.3 is 24.3 Å². The van der Waals surface area contributed by atoms with Crippen molar-refractivity contribution in [3.63, 3.8) is 0 Å². The number of likely N-dealkylation sites (tertiary alicyclic amines) is 1. The molecule has 1 atom stereocenters. The van der Waals surface area contributed by atoms with Gasteiger partial charge >= 0.3 is 0 Å². The van der Waals surface area contributed by atoms with E-state index in [-0.39, 0.29) is 36.1 Å². The van der Waals surface area contributed by atoms with Crippen molar-refractivity contribution >= 4 is 17.5 Å². The Balaban J connectivity index is 1.18. The molecule has 1 aromatic heterocycles. The van der Waals surface area contributed by atoms with Crippen LogP contribution in [-0.2, 0) is 22.7 Å². The smallest absolute Gasteiger partial charge is 0.274 e. The summed E-state index contributed by atoms with van der Waals surface area (Å²) in [6.07, 6.45) is 2.41. The second-order valence-corrected chi connectivity index (χ2v) is 8.98. The minimum Gasteiger partial charge on any atom is -0.497 e. The van der Waals surface area contributed by atoms with E-state index in [0.717, 1.165) is 35.2 Å². The highest BCUT2D eigenvalue weighted by Gasteiger charge is 2.32. The monoisotopic (exact) mass is 496 g/mol. The molecule has 5 rings (SSSR count). The summed E-state index contributed by atoms with van der Waals surface area (Å²) in [4.78, 5) is 31.8. The molecule has 8 nitrogen and oxygen atoms in total. The van der Waals surface area contributed by atoms with Gasteiger partial charge in [-0.25, -0.2) is 13.8 Å². The van der Waals surface area contributed by atoms with Gasteiger partial charge in [0.05, 0.1) is 32.3 Å². The number of nitrogens with one attached hydrogen (secondary N) is 1. The van der Waals surface area contributed by atoms with E-state index in [9.17, 15) is 18.4 Å². The van der Waals surface area contributed by atoms with E-state index in [2.05, 4.69) is 10.3 Å². The predicted octanol–water partition coefficient (Wildman–Crippen LogP) is 3.93. The van der Waals surface area contributed by atoms with Gasteiger partial charge in [0, 0.05) is 30.8 Å². The quantitative estimate of drug-likeness (QED) is 0.579. The number of rotatable bonds is 5. The van der Waals surface area contributed by atoms with Crippen LogP contribution in [0.1, 0.15) is 40.7 Å². The second kappa shape index (κ2) is 10.1. The first kappa shape index (κ1) is 23.9. The average Bonchev–Trinajstić information content (AvgIpc) is 3.31. The van der Waals surface area contributed by atoms with Crippen molar-refractivity contribution in [1.29, 1.82) is 0 Å². The number of aromatic nitrogens is 2. The molecule has 36 heavy (non-hydrogen) atoms. The van der Waals surface area contributed by atoms with Crippen LogP contribution in [0.15, 0.2) is 48.8 Å². The van der Waals surface area contributed by atoms with Crippen molar-refractivity contribution in [2.75, 3.05) is 25.5 Å². The lowest BCUT2D eigenvalue weighted by Crippen LogP contribution is -2.42. The number of fused-ring (bicyclic) bond motifs is 1. The van der Waals surface area contributed by atoms with Crippen molar-refractivity contribution in [3.8, 4) is 5.75 Å². The van der Waals surface area contributed by atoms with Gasteiger partial charge in [0.2, 0.25) is 5.91 Å². The number of amides is 2. The van der Waals surface area contributed by atoms with Crippen molar-refractivity contribution in [2.45, 2.75) is 32.1 Å². The summed E-state index contributed by atoms with van der Waals surface area (Å²) in [5, 5.41) is 2.57. The van der Waals surface area contributed by atoms with Gasteiger partial charge in [-0.3, -0.25) is 9.59 Å². The molecule has 2 aromatic carbocycles. The fourth-order valence-electron chi connectivity index (χ4n) is 4.69. The lowest BCUT2D eigenvalue weighted by molar-refractivity contribution is -0.121. The molecular weight excluding hydrogens is 470 g/mol. The molecule has 1 saturated heterocycles. The van der Waals surface area contributed by atoms with Crippen LogP contribution in [0, 0.1) is 17.6 Å². The van der Waals surface area contributed by atoms with Crippen molar-refractivity contribution in [3.05, 3.63) is 77.4 Å². The third kappa shape index (κ3) is 4.94. The van der Waals surface area contributed by atoms with Crippen LogP contribution in [0.25, 0.3) is 0 Å². The molecular formula is C26H26F2N4O4. The summed E-state index contributed by atoms with van der Waals surface area (Å²) in [6, 6.07) is 10.6. The SMILES string of the molecule is COc1ccc(C2Cn3cnc(C(=O)N4CCC(C(=O)Nc5cc(F)cc(F)c5)CC4)c3CO2)cc1. The van der Waals surface area contributed by atoms with Crippen LogP contribution in [0.5, 0.6) is 5.75 Å². The van der Waals surface area contributed by atoms with Crippen LogP contribution in [0.4, 0.5) is 14.5 Å². The van der Waals surface area contributed by atoms with Crippen molar-refractivity contribution in [1.82, 2.24) is 14.5 Å². The Morgan fingerprint density at radius 3 is 2.44 bits per heavy atom. The summed E-state index contributed by atoms with van der Waals surface area (Å²) in [5.74, 6) is -1.60. The Labute approximate surface area is 206 Å². The van der Waals surface area contributed by atoms with Crippen molar-refractivity contribution < 1.29 is 27.8 Å². The largest absolute Gasteiger partial charge is 0.497 e. The van der Waals surface area contributed by atoms with Gasteiger partial charge in [0.25, 0.3) is 5.91 Å². The Morgan fingerprint density at radius 1 is 1.08 bits per heavy atom. The normalized spacial score (nSPS) is 18.0. The zero-order valence-corrected chi connectivity index (χ0v) is 19.7. The number of benzene rings is 2. The van der Waals surface area contributed by atoms with Crippen LogP contribution >= 0.6 is 0 Å². The maximum absolute atomic E-state index is 13.4. The Bertz CT molecular complexity index is 1250.